The van der Waals surface area contributed by atoms with Gasteiger partial charge >= 0.3 is 0 Å². The van der Waals surface area contributed by atoms with Crippen LogP contribution in [0.5, 0.6) is 0 Å². The van der Waals surface area contributed by atoms with Gasteiger partial charge in [0, 0.05) is 11.3 Å². The molecule has 3 heteroatoms. The highest BCUT2D eigenvalue weighted by Crippen LogP contribution is 2.59. The van der Waals surface area contributed by atoms with Crippen LogP contribution in [0.2, 0.25) is 0 Å². The normalized spacial score (nSPS) is 34.4. The highest BCUT2D eigenvalue weighted by molar-refractivity contribution is 5.36. The lowest BCUT2D eigenvalue weighted by Crippen LogP contribution is -2.32. The SMILES string of the molecule is C=C1CC[C@@]2(C)C(O)C(OC(C)C)=C(OC(C)C)[C@@H]12. The molecule has 0 radical (unpaired) electrons. The van der Waals surface area contributed by atoms with Gasteiger partial charge in [0.25, 0.3) is 0 Å². The molecule has 0 aliphatic heterocycles. The monoisotopic (exact) mass is 266 g/mol. The highest BCUT2D eigenvalue weighted by Gasteiger charge is 2.57. The van der Waals surface area contributed by atoms with E-state index in [9.17, 15) is 5.11 Å². The summed E-state index contributed by atoms with van der Waals surface area (Å²) in [5.74, 6) is 1.52. The molecule has 0 aromatic carbocycles. The molecule has 0 bridgehead atoms. The minimum Gasteiger partial charge on any atom is -0.491 e. The van der Waals surface area contributed by atoms with Crippen LogP contribution in [0.25, 0.3) is 0 Å². The van der Waals surface area contributed by atoms with E-state index in [1.165, 1.54) is 0 Å². The lowest BCUT2D eigenvalue weighted by Gasteiger charge is -2.29. The Morgan fingerprint density at radius 2 is 1.68 bits per heavy atom. The quantitative estimate of drug-likeness (QED) is 0.793. The molecule has 0 amide bonds. The summed E-state index contributed by atoms with van der Waals surface area (Å²) in [6.45, 7) is 14.2. The fraction of sp³-hybridized carbons (Fsp3) is 0.750. The molecule has 1 saturated carbocycles. The van der Waals surface area contributed by atoms with Crippen molar-refractivity contribution in [1.29, 1.82) is 0 Å². The molecule has 3 atom stereocenters. The molecule has 0 spiro atoms. The fourth-order valence-electron chi connectivity index (χ4n) is 3.30. The van der Waals surface area contributed by atoms with Gasteiger partial charge in [-0.25, -0.2) is 0 Å². The zero-order valence-electron chi connectivity index (χ0n) is 12.7. The molecule has 1 unspecified atom stereocenters. The standard InChI is InChI=1S/C16H26O3/c1-9(2)18-13-12-11(5)7-8-16(12,6)15(17)14(13)19-10(3)4/h9-10,12,15,17H,5,7-8H2,1-4,6H3/t12-,15?,16-/m1/s1. The number of allylic oxidation sites excluding steroid dienone is 1. The molecule has 3 nitrogen and oxygen atoms in total. The number of aliphatic hydroxyl groups excluding tert-OH is 1. The first-order chi connectivity index (χ1) is 8.77. The lowest BCUT2D eigenvalue weighted by molar-refractivity contribution is 0.0114. The van der Waals surface area contributed by atoms with Crippen molar-refractivity contribution in [1.82, 2.24) is 0 Å². The number of hydrogen-bond acceptors (Lipinski definition) is 3. The van der Waals surface area contributed by atoms with E-state index in [1.54, 1.807) is 0 Å². The molecule has 0 aromatic rings. The zero-order chi connectivity index (χ0) is 14.4. The van der Waals surface area contributed by atoms with Crippen LogP contribution in [0.1, 0.15) is 47.5 Å². The van der Waals surface area contributed by atoms with Crippen molar-refractivity contribution in [2.45, 2.75) is 65.8 Å². The molecule has 0 aromatic heterocycles. The van der Waals surface area contributed by atoms with E-state index >= 15 is 0 Å². The van der Waals surface area contributed by atoms with Gasteiger partial charge < -0.3 is 14.6 Å². The Balaban J connectivity index is 2.42. The maximum atomic E-state index is 10.7. The van der Waals surface area contributed by atoms with Crippen LogP contribution < -0.4 is 0 Å². The Bertz CT molecular complexity index is 408. The molecular formula is C16H26O3. The number of ether oxygens (including phenoxy) is 2. The summed E-state index contributed by atoms with van der Waals surface area (Å²) in [6.07, 6.45) is 1.41. The van der Waals surface area contributed by atoms with E-state index in [1.807, 2.05) is 27.7 Å². The number of rotatable bonds is 4. The van der Waals surface area contributed by atoms with Crippen molar-refractivity contribution >= 4 is 0 Å². The van der Waals surface area contributed by atoms with Crippen LogP contribution in [0, 0.1) is 11.3 Å². The molecule has 19 heavy (non-hydrogen) atoms. The average Bonchev–Trinajstić information content (AvgIpc) is 2.68. The van der Waals surface area contributed by atoms with Gasteiger partial charge in [-0.3, -0.25) is 0 Å². The summed E-state index contributed by atoms with van der Waals surface area (Å²) in [6, 6.07) is 0. The van der Waals surface area contributed by atoms with E-state index < -0.39 is 6.10 Å². The van der Waals surface area contributed by atoms with Gasteiger partial charge in [-0.1, -0.05) is 19.1 Å². The summed E-state index contributed by atoms with van der Waals surface area (Å²) in [7, 11) is 0. The highest BCUT2D eigenvalue weighted by atomic mass is 16.5. The summed E-state index contributed by atoms with van der Waals surface area (Å²) in [5, 5.41) is 10.7. The molecule has 2 aliphatic rings. The van der Waals surface area contributed by atoms with Gasteiger partial charge in [-0.05, 0) is 40.5 Å². The van der Waals surface area contributed by atoms with E-state index in [2.05, 4.69) is 13.5 Å². The van der Waals surface area contributed by atoms with E-state index in [0.29, 0.717) is 5.76 Å². The first-order valence-corrected chi connectivity index (χ1v) is 7.20. The predicted molar refractivity (Wildman–Crippen MR) is 75.4 cm³/mol. The van der Waals surface area contributed by atoms with Crippen LogP contribution in [-0.2, 0) is 9.47 Å². The number of hydrogen-bond donors (Lipinski definition) is 1. The largest absolute Gasteiger partial charge is 0.491 e. The average molecular weight is 266 g/mol. The maximum absolute atomic E-state index is 10.7. The molecule has 1 fully saturated rings. The molecule has 2 rings (SSSR count). The Morgan fingerprint density at radius 3 is 2.21 bits per heavy atom. The molecule has 2 aliphatic carbocycles. The second kappa shape index (κ2) is 4.86. The third kappa shape index (κ3) is 2.29. The molecule has 108 valence electrons. The smallest absolute Gasteiger partial charge is 0.164 e. The third-order valence-corrected chi connectivity index (χ3v) is 4.16. The van der Waals surface area contributed by atoms with Crippen LogP contribution in [0.15, 0.2) is 23.7 Å². The topological polar surface area (TPSA) is 38.7 Å². The van der Waals surface area contributed by atoms with E-state index in [0.717, 1.165) is 24.2 Å². The van der Waals surface area contributed by atoms with Crippen LogP contribution in [0.3, 0.4) is 0 Å². The lowest BCUT2D eigenvalue weighted by atomic mass is 9.78. The zero-order valence-corrected chi connectivity index (χ0v) is 12.7. The van der Waals surface area contributed by atoms with Gasteiger partial charge in [-0.15, -0.1) is 0 Å². The third-order valence-electron chi connectivity index (χ3n) is 4.16. The fourth-order valence-corrected chi connectivity index (χ4v) is 3.30. The Morgan fingerprint density at radius 1 is 1.16 bits per heavy atom. The van der Waals surface area contributed by atoms with Gasteiger partial charge in [0.05, 0.1) is 12.2 Å². The first kappa shape index (κ1) is 14.4. The van der Waals surface area contributed by atoms with Gasteiger partial charge in [0.2, 0.25) is 0 Å². The van der Waals surface area contributed by atoms with Crippen molar-refractivity contribution in [3.63, 3.8) is 0 Å². The van der Waals surface area contributed by atoms with Crippen LogP contribution in [0.4, 0.5) is 0 Å². The molecule has 0 saturated heterocycles. The minimum atomic E-state index is -0.590. The van der Waals surface area contributed by atoms with Crippen LogP contribution >= 0.6 is 0 Å². The predicted octanol–water partition coefficient (Wildman–Crippen LogP) is 3.40. The summed E-state index contributed by atoms with van der Waals surface area (Å²) >= 11 is 0. The van der Waals surface area contributed by atoms with Gasteiger partial charge in [-0.2, -0.15) is 0 Å². The second-order valence-electron chi connectivity index (χ2n) is 6.56. The Hall–Kier alpha value is -0.960. The van der Waals surface area contributed by atoms with Gasteiger partial charge in [0.15, 0.2) is 5.76 Å². The van der Waals surface area contributed by atoms with Gasteiger partial charge in [0.1, 0.15) is 11.9 Å². The first-order valence-electron chi connectivity index (χ1n) is 7.20. The maximum Gasteiger partial charge on any atom is 0.164 e. The van der Waals surface area contributed by atoms with E-state index in [4.69, 9.17) is 9.47 Å². The van der Waals surface area contributed by atoms with Crippen molar-refractivity contribution in [2.24, 2.45) is 11.3 Å². The van der Waals surface area contributed by atoms with Crippen LogP contribution in [-0.4, -0.2) is 23.4 Å². The van der Waals surface area contributed by atoms with Crippen molar-refractivity contribution in [3.8, 4) is 0 Å². The summed E-state index contributed by atoms with van der Waals surface area (Å²) in [4.78, 5) is 0. The number of aliphatic hydroxyl groups is 1. The number of fused-ring (bicyclic) bond motifs is 1. The minimum absolute atomic E-state index is 0.0334. The van der Waals surface area contributed by atoms with E-state index in [-0.39, 0.29) is 23.5 Å². The summed E-state index contributed by atoms with van der Waals surface area (Å²) < 4.78 is 11.8. The van der Waals surface area contributed by atoms with Crippen molar-refractivity contribution in [3.05, 3.63) is 23.7 Å². The second-order valence-corrected chi connectivity index (χ2v) is 6.56. The van der Waals surface area contributed by atoms with Crippen molar-refractivity contribution in [2.75, 3.05) is 0 Å². The molecular weight excluding hydrogens is 240 g/mol. The Kier molecular flexibility index (Phi) is 3.69. The molecule has 0 heterocycles. The summed E-state index contributed by atoms with van der Waals surface area (Å²) in [5.41, 5.74) is 0.936. The Labute approximate surface area is 116 Å². The van der Waals surface area contributed by atoms with Crippen molar-refractivity contribution < 1.29 is 14.6 Å². The molecule has 1 N–H and O–H groups in total.